The Morgan fingerprint density at radius 1 is 1.47 bits per heavy atom. The van der Waals surface area contributed by atoms with E-state index in [9.17, 15) is 5.11 Å². The van der Waals surface area contributed by atoms with Crippen LogP contribution in [0.15, 0.2) is 18.2 Å². The number of hydrogen-bond acceptors (Lipinski definition) is 4. The van der Waals surface area contributed by atoms with Gasteiger partial charge in [0, 0.05) is 19.1 Å². The molecule has 0 saturated carbocycles. The zero-order chi connectivity index (χ0) is 13.8. The van der Waals surface area contributed by atoms with Gasteiger partial charge in [-0.15, -0.1) is 0 Å². The summed E-state index contributed by atoms with van der Waals surface area (Å²) in [4.78, 5) is 2.42. The van der Waals surface area contributed by atoms with Gasteiger partial charge in [0.2, 0.25) is 0 Å². The molecule has 1 aromatic carbocycles. The smallest absolute Gasteiger partial charge is 0.160 e. The molecule has 1 aliphatic rings. The van der Waals surface area contributed by atoms with E-state index in [1.54, 1.807) is 13.2 Å². The Labute approximate surface area is 115 Å². The van der Waals surface area contributed by atoms with E-state index in [2.05, 4.69) is 11.8 Å². The first kappa shape index (κ1) is 14.2. The third-order valence-electron chi connectivity index (χ3n) is 4.05. The van der Waals surface area contributed by atoms with Gasteiger partial charge in [0.1, 0.15) is 0 Å². The van der Waals surface area contributed by atoms with E-state index in [-0.39, 0.29) is 5.75 Å². The molecule has 19 heavy (non-hydrogen) atoms. The van der Waals surface area contributed by atoms with Crippen molar-refractivity contribution in [1.29, 1.82) is 0 Å². The van der Waals surface area contributed by atoms with Crippen molar-refractivity contribution in [2.45, 2.75) is 32.4 Å². The molecule has 4 heteroatoms. The van der Waals surface area contributed by atoms with Gasteiger partial charge < -0.3 is 15.6 Å². The Morgan fingerprint density at radius 3 is 2.89 bits per heavy atom. The molecular weight excluding hydrogens is 240 g/mol. The van der Waals surface area contributed by atoms with Crippen molar-refractivity contribution in [3.05, 3.63) is 23.8 Å². The van der Waals surface area contributed by atoms with Crippen molar-refractivity contribution < 1.29 is 9.84 Å². The Balaban J connectivity index is 1.99. The molecule has 0 aliphatic carbocycles. The first-order valence-electron chi connectivity index (χ1n) is 6.97. The van der Waals surface area contributed by atoms with Crippen LogP contribution in [0.2, 0.25) is 0 Å². The molecule has 0 bridgehead atoms. The lowest BCUT2D eigenvalue weighted by Gasteiger charge is -2.36. The maximum atomic E-state index is 9.80. The van der Waals surface area contributed by atoms with Gasteiger partial charge >= 0.3 is 0 Å². The third-order valence-corrected chi connectivity index (χ3v) is 4.05. The molecule has 4 nitrogen and oxygen atoms in total. The van der Waals surface area contributed by atoms with Crippen molar-refractivity contribution in [1.82, 2.24) is 4.90 Å². The van der Waals surface area contributed by atoms with Gasteiger partial charge in [0.15, 0.2) is 11.5 Å². The van der Waals surface area contributed by atoms with Crippen LogP contribution >= 0.6 is 0 Å². The predicted octanol–water partition coefficient (Wildman–Crippen LogP) is 1.96. The monoisotopic (exact) mass is 264 g/mol. The van der Waals surface area contributed by atoms with E-state index >= 15 is 0 Å². The maximum Gasteiger partial charge on any atom is 0.160 e. The average molecular weight is 264 g/mol. The largest absolute Gasteiger partial charge is 0.504 e. The lowest BCUT2D eigenvalue weighted by atomic mass is 9.90. The fourth-order valence-corrected chi connectivity index (χ4v) is 2.79. The molecule has 0 amide bonds. The number of likely N-dealkylation sites (tertiary alicyclic amines) is 1. The minimum absolute atomic E-state index is 0.209. The van der Waals surface area contributed by atoms with Crippen molar-refractivity contribution in [2.75, 3.05) is 20.2 Å². The topological polar surface area (TPSA) is 58.7 Å². The molecule has 0 radical (unpaired) electrons. The van der Waals surface area contributed by atoms with E-state index in [0.29, 0.717) is 17.7 Å². The van der Waals surface area contributed by atoms with Crippen LogP contribution < -0.4 is 10.5 Å². The number of benzene rings is 1. The van der Waals surface area contributed by atoms with Gasteiger partial charge in [0.25, 0.3) is 0 Å². The van der Waals surface area contributed by atoms with Crippen molar-refractivity contribution >= 4 is 0 Å². The molecule has 1 heterocycles. The van der Waals surface area contributed by atoms with Gasteiger partial charge in [-0.05, 0) is 36.6 Å². The molecule has 2 unspecified atom stereocenters. The number of phenols is 1. The summed E-state index contributed by atoms with van der Waals surface area (Å²) in [6.07, 6.45) is 2.19. The van der Waals surface area contributed by atoms with Crippen LogP contribution in [0.25, 0.3) is 0 Å². The van der Waals surface area contributed by atoms with Gasteiger partial charge in [-0.1, -0.05) is 19.4 Å². The summed E-state index contributed by atoms with van der Waals surface area (Å²) in [5, 5.41) is 9.80. The van der Waals surface area contributed by atoms with Crippen molar-refractivity contribution in [2.24, 2.45) is 11.7 Å². The standard InChI is InChI=1S/C15H24N2O2/c1-3-12-10-17(7-6-13(12)16)9-11-4-5-15(19-2)14(18)8-11/h4-5,8,12-13,18H,3,6-7,9-10,16H2,1-2H3. The van der Waals surface area contributed by atoms with Crippen LogP contribution in [0.3, 0.4) is 0 Å². The SMILES string of the molecule is CCC1CN(Cc2ccc(OC)c(O)c2)CCC1N. The summed E-state index contributed by atoms with van der Waals surface area (Å²) in [5.41, 5.74) is 7.24. The quantitative estimate of drug-likeness (QED) is 0.873. The first-order chi connectivity index (χ1) is 9.13. The second kappa shape index (κ2) is 6.26. The molecule has 0 aromatic heterocycles. The highest BCUT2D eigenvalue weighted by atomic mass is 16.5. The highest BCUT2D eigenvalue weighted by Gasteiger charge is 2.25. The van der Waals surface area contributed by atoms with Crippen LogP contribution in [0.5, 0.6) is 11.5 Å². The van der Waals surface area contributed by atoms with Gasteiger partial charge in [-0.2, -0.15) is 0 Å². The van der Waals surface area contributed by atoms with E-state index in [0.717, 1.165) is 38.0 Å². The first-order valence-corrected chi connectivity index (χ1v) is 6.97. The van der Waals surface area contributed by atoms with Crippen LogP contribution in [-0.4, -0.2) is 36.2 Å². The third kappa shape index (κ3) is 3.39. The summed E-state index contributed by atoms with van der Waals surface area (Å²) in [5.74, 6) is 1.32. The van der Waals surface area contributed by atoms with Crippen LogP contribution in [-0.2, 0) is 6.54 Å². The Hall–Kier alpha value is -1.26. The number of aromatic hydroxyl groups is 1. The van der Waals surface area contributed by atoms with Crippen molar-refractivity contribution in [3.8, 4) is 11.5 Å². The summed E-state index contributed by atoms with van der Waals surface area (Å²) < 4.78 is 5.06. The van der Waals surface area contributed by atoms with E-state index in [4.69, 9.17) is 10.5 Å². The molecule has 1 saturated heterocycles. The van der Waals surface area contributed by atoms with E-state index in [1.165, 1.54) is 0 Å². The van der Waals surface area contributed by atoms with Crippen molar-refractivity contribution in [3.63, 3.8) is 0 Å². The number of hydrogen-bond donors (Lipinski definition) is 2. The molecule has 3 N–H and O–H groups in total. The fraction of sp³-hybridized carbons (Fsp3) is 0.600. The molecule has 106 valence electrons. The lowest BCUT2D eigenvalue weighted by molar-refractivity contribution is 0.145. The fourth-order valence-electron chi connectivity index (χ4n) is 2.79. The Morgan fingerprint density at radius 2 is 2.26 bits per heavy atom. The molecule has 1 aromatic rings. The normalized spacial score (nSPS) is 24.4. The van der Waals surface area contributed by atoms with E-state index < -0.39 is 0 Å². The molecule has 1 fully saturated rings. The van der Waals surface area contributed by atoms with Gasteiger partial charge in [0.05, 0.1) is 7.11 Å². The summed E-state index contributed by atoms with van der Waals surface area (Å²) in [7, 11) is 1.56. The number of rotatable bonds is 4. The minimum atomic E-state index is 0.209. The number of piperidine rings is 1. The molecular formula is C15H24N2O2. The number of ether oxygens (including phenoxy) is 1. The molecule has 0 spiro atoms. The Bertz CT molecular complexity index is 423. The van der Waals surface area contributed by atoms with Crippen LogP contribution in [0.1, 0.15) is 25.3 Å². The Kier molecular flexibility index (Phi) is 4.66. The van der Waals surface area contributed by atoms with Gasteiger partial charge in [-0.25, -0.2) is 0 Å². The predicted molar refractivity (Wildman–Crippen MR) is 76.3 cm³/mol. The summed E-state index contributed by atoms with van der Waals surface area (Å²) in [6, 6.07) is 5.95. The van der Waals surface area contributed by atoms with Gasteiger partial charge in [-0.3, -0.25) is 4.90 Å². The number of methoxy groups -OCH3 is 1. The molecule has 2 rings (SSSR count). The zero-order valence-electron chi connectivity index (χ0n) is 11.8. The second-order valence-electron chi connectivity index (χ2n) is 5.36. The molecule has 2 atom stereocenters. The zero-order valence-corrected chi connectivity index (χ0v) is 11.8. The van der Waals surface area contributed by atoms with Crippen LogP contribution in [0.4, 0.5) is 0 Å². The maximum absolute atomic E-state index is 9.80. The van der Waals surface area contributed by atoms with Crippen LogP contribution in [0, 0.1) is 5.92 Å². The highest BCUT2D eigenvalue weighted by molar-refractivity contribution is 5.41. The lowest BCUT2D eigenvalue weighted by Crippen LogP contribution is -2.46. The summed E-state index contributed by atoms with van der Waals surface area (Å²) >= 11 is 0. The number of nitrogens with two attached hydrogens (primary N) is 1. The average Bonchev–Trinajstić information content (AvgIpc) is 2.41. The second-order valence-corrected chi connectivity index (χ2v) is 5.36. The van der Waals surface area contributed by atoms with E-state index in [1.807, 2.05) is 12.1 Å². The minimum Gasteiger partial charge on any atom is -0.504 e. The summed E-state index contributed by atoms with van der Waals surface area (Å²) in [6.45, 7) is 5.14. The highest BCUT2D eigenvalue weighted by Crippen LogP contribution is 2.27. The number of nitrogens with zero attached hydrogens (tertiary/aromatic N) is 1. The number of phenolic OH excluding ortho intramolecular Hbond substituents is 1. The molecule has 1 aliphatic heterocycles.